The lowest BCUT2D eigenvalue weighted by Gasteiger charge is -1.99. The zero-order valence-corrected chi connectivity index (χ0v) is 12.9. The Morgan fingerprint density at radius 1 is 1.45 bits per heavy atom. The molecule has 1 aliphatic rings. The average Bonchev–Trinajstić information content (AvgIpc) is 2.86. The second-order valence-electron chi connectivity index (χ2n) is 4.91. The number of nitrogens with one attached hydrogen (secondary N) is 1. The lowest BCUT2D eigenvalue weighted by molar-refractivity contribution is 0.457. The van der Waals surface area contributed by atoms with Crippen LogP contribution in [0.25, 0.3) is 10.9 Å². The number of nitrogens with zero attached hydrogens (tertiary/aromatic N) is 1. The number of H-pyrrole nitrogens is 1. The smallest absolute Gasteiger partial charge is 0.198 e. The number of sulfone groups is 1. The molecule has 1 saturated heterocycles. The molecule has 1 unspecified atom stereocenters. The third kappa shape index (κ3) is 2.60. The zero-order chi connectivity index (χ0) is 14.3. The number of halogens is 1. The standard InChI is InChI=1S/C13H13BrN2O3S/c14-8-1-2-12-10(5-8)11(13(17)16-12)6-15-9-3-4-20(18,19)7-9/h1-2,5-6,9,16-17H,3-4,7H2. The summed E-state index contributed by atoms with van der Waals surface area (Å²) in [4.78, 5) is 7.17. The fraction of sp³-hybridized carbons (Fsp3) is 0.308. The van der Waals surface area contributed by atoms with Crippen molar-refractivity contribution in [3.05, 3.63) is 28.2 Å². The van der Waals surface area contributed by atoms with Crippen LogP contribution in [0.2, 0.25) is 0 Å². The van der Waals surface area contributed by atoms with Gasteiger partial charge in [-0.3, -0.25) is 4.99 Å². The second kappa shape index (κ2) is 4.89. The van der Waals surface area contributed by atoms with E-state index >= 15 is 0 Å². The SMILES string of the molecule is O=S1(=O)CCC(N=Cc2c(O)[nH]c3ccc(Br)cc23)C1. The Hall–Kier alpha value is -1.34. The van der Waals surface area contributed by atoms with Crippen LogP contribution >= 0.6 is 15.9 Å². The van der Waals surface area contributed by atoms with Crippen LogP contribution in [0.5, 0.6) is 5.88 Å². The van der Waals surface area contributed by atoms with Gasteiger partial charge in [-0.1, -0.05) is 15.9 Å². The summed E-state index contributed by atoms with van der Waals surface area (Å²) in [5.74, 6) is 0.333. The van der Waals surface area contributed by atoms with Crippen molar-refractivity contribution in [2.45, 2.75) is 12.5 Å². The Morgan fingerprint density at radius 3 is 2.95 bits per heavy atom. The third-order valence-electron chi connectivity index (χ3n) is 3.40. The highest BCUT2D eigenvalue weighted by Crippen LogP contribution is 2.28. The van der Waals surface area contributed by atoms with Crippen molar-refractivity contribution in [2.24, 2.45) is 4.99 Å². The number of fused-ring (bicyclic) bond motifs is 1. The van der Waals surface area contributed by atoms with Crippen LogP contribution in [0.3, 0.4) is 0 Å². The van der Waals surface area contributed by atoms with Gasteiger partial charge < -0.3 is 10.1 Å². The highest BCUT2D eigenvalue weighted by Gasteiger charge is 2.27. The van der Waals surface area contributed by atoms with Crippen LogP contribution in [0.15, 0.2) is 27.7 Å². The third-order valence-corrected chi connectivity index (χ3v) is 5.65. The first-order valence-corrected chi connectivity index (χ1v) is 8.80. The first kappa shape index (κ1) is 13.6. The quantitative estimate of drug-likeness (QED) is 0.809. The number of hydrogen-bond acceptors (Lipinski definition) is 4. The molecule has 2 heterocycles. The first-order valence-electron chi connectivity index (χ1n) is 6.18. The number of rotatable bonds is 2. The van der Waals surface area contributed by atoms with Crippen LogP contribution in [0.1, 0.15) is 12.0 Å². The van der Waals surface area contributed by atoms with Gasteiger partial charge in [0.25, 0.3) is 0 Å². The van der Waals surface area contributed by atoms with Crippen LogP contribution in [-0.2, 0) is 9.84 Å². The van der Waals surface area contributed by atoms with Gasteiger partial charge in [0.05, 0.1) is 23.1 Å². The number of hydrogen-bond donors (Lipinski definition) is 2. The molecule has 0 saturated carbocycles. The minimum Gasteiger partial charge on any atom is -0.494 e. The molecule has 2 aromatic rings. The second-order valence-corrected chi connectivity index (χ2v) is 8.06. The summed E-state index contributed by atoms with van der Waals surface area (Å²) >= 11 is 3.39. The maximum Gasteiger partial charge on any atom is 0.198 e. The summed E-state index contributed by atoms with van der Waals surface area (Å²) in [5, 5.41) is 10.8. The van der Waals surface area contributed by atoms with E-state index in [0.717, 1.165) is 15.4 Å². The number of aromatic amines is 1. The van der Waals surface area contributed by atoms with E-state index in [1.54, 1.807) is 6.21 Å². The molecule has 1 aliphatic heterocycles. The molecule has 106 valence electrons. The lowest BCUT2D eigenvalue weighted by atomic mass is 10.2. The summed E-state index contributed by atoms with van der Waals surface area (Å²) in [7, 11) is -2.94. The van der Waals surface area contributed by atoms with E-state index in [1.165, 1.54) is 0 Å². The van der Waals surface area contributed by atoms with E-state index in [9.17, 15) is 13.5 Å². The molecule has 0 bridgehead atoms. The van der Waals surface area contributed by atoms with Crippen molar-refractivity contribution in [2.75, 3.05) is 11.5 Å². The molecule has 0 radical (unpaired) electrons. The summed E-state index contributed by atoms with van der Waals surface area (Å²) < 4.78 is 23.7. The van der Waals surface area contributed by atoms with Gasteiger partial charge in [-0.05, 0) is 24.6 Å². The number of aromatic nitrogens is 1. The normalized spacial score (nSPS) is 21.9. The monoisotopic (exact) mass is 356 g/mol. The van der Waals surface area contributed by atoms with Crippen molar-refractivity contribution < 1.29 is 13.5 Å². The van der Waals surface area contributed by atoms with Crippen molar-refractivity contribution in [3.8, 4) is 5.88 Å². The number of benzene rings is 1. The maximum atomic E-state index is 11.4. The molecule has 20 heavy (non-hydrogen) atoms. The van der Waals surface area contributed by atoms with Crippen molar-refractivity contribution in [3.63, 3.8) is 0 Å². The molecular formula is C13H13BrN2O3S. The first-order chi connectivity index (χ1) is 9.44. The zero-order valence-electron chi connectivity index (χ0n) is 10.5. The lowest BCUT2D eigenvalue weighted by Crippen LogP contribution is -2.07. The van der Waals surface area contributed by atoms with Crippen LogP contribution in [-0.4, -0.2) is 42.3 Å². The average molecular weight is 357 g/mol. The van der Waals surface area contributed by atoms with Crippen molar-refractivity contribution >= 4 is 42.9 Å². The summed E-state index contributed by atoms with van der Waals surface area (Å²) in [6, 6.07) is 5.41. The molecule has 1 aromatic carbocycles. The Morgan fingerprint density at radius 2 is 2.25 bits per heavy atom. The van der Waals surface area contributed by atoms with E-state index in [-0.39, 0.29) is 23.4 Å². The fourth-order valence-corrected chi connectivity index (χ4v) is 4.37. The summed E-state index contributed by atoms with van der Waals surface area (Å²) in [5.41, 5.74) is 1.40. The predicted octanol–water partition coefficient (Wildman–Crippen LogP) is 2.24. The molecular weight excluding hydrogens is 344 g/mol. The van der Waals surface area contributed by atoms with Crippen molar-refractivity contribution in [1.82, 2.24) is 4.98 Å². The van der Waals surface area contributed by atoms with E-state index < -0.39 is 9.84 Å². The van der Waals surface area contributed by atoms with Gasteiger partial charge >= 0.3 is 0 Å². The van der Waals surface area contributed by atoms with E-state index in [0.29, 0.717) is 12.0 Å². The Balaban J connectivity index is 1.95. The molecule has 3 rings (SSSR count). The van der Waals surface area contributed by atoms with Gasteiger partial charge in [0.15, 0.2) is 15.7 Å². The van der Waals surface area contributed by atoms with Gasteiger partial charge in [-0.25, -0.2) is 8.42 Å². The van der Waals surface area contributed by atoms with Crippen LogP contribution < -0.4 is 0 Å². The van der Waals surface area contributed by atoms with Crippen LogP contribution in [0, 0.1) is 0 Å². The molecule has 1 fully saturated rings. The minimum atomic E-state index is -2.94. The van der Waals surface area contributed by atoms with Crippen LogP contribution in [0.4, 0.5) is 0 Å². The predicted molar refractivity (Wildman–Crippen MR) is 82.3 cm³/mol. The topological polar surface area (TPSA) is 82.5 Å². The highest BCUT2D eigenvalue weighted by atomic mass is 79.9. The van der Waals surface area contributed by atoms with Crippen molar-refractivity contribution in [1.29, 1.82) is 0 Å². The highest BCUT2D eigenvalue weighted by molar-refractivity contribution is 9.10. The molecule has 2 N–H and O–H groups in total. The Kier molecular flexibility index (Phi) is 3.33. The maximum absolute atomic E-state index is 11.4. The van der Waals surface area contributed by atoms with Gasteiger partial charge in [-0.15, -0.1) is 0 Å². The van der Waals surface area contributed by atoms with Gasteiger partial charge in [-0.2, -0.15) is 0 Å². The molecule has 1 atom stereocenters. The molecule has 0 spiro atoms. The molecule has 5 nitrogen and oxygen atoms in total. The van der Waals surface area contributed by atoms with E-state index in [1.807, 2.05) is 18.2 Å². The Bertz CT molecular complexity index is 795. The van der Waals surface area contributed by atoms with Gasteiger partial charge in [0.1, 0.15) is 0 Å². The molecule has 0 aliphatic carbocycles. The summed E-state index contributed by atoms with van der Waals surface area (Å²) in [6.45, 7) is 0. The fourth-order valence-electron chi connectivity index (χ4n) is 2.37. The summed E-state index contributed by atoms with van der Waals surface area (Å²) in [6.07, 6.45) is 2.11. The Labute approximate surface area is 124 Å². The van der Waals surface area contributed by atoms with Gasteiger partial charge in [0, 0.05) is 21.6 Å². The minimum absolute atomic E-state index is 0.0442. The molecule has 1 aromatic heterocycles. The van der Waals surface area contributed by atoms with Gasteiger partial charge in [0.2, 0.25) is 0 Å². The van der Waals surface area contributed by atoms with E-state index in [4.69, 9.17) is 0 Å². The molecule has 7 heteroatoms. The number of aromatic hydroxyl groups is 1. The largest absolute Gasteiger partial charge is 0.494 e. The molecule has 0 amide bonds. The van der Waals surface area contributed by atoms with E-state index in [2.05, 4.69) is 25.9 Å². The number of aliphatic imine (C=N–C) groups is 1.